The van der Waals surface area contributed by atoms with Crippen LogP contribution in [0, 0.1) is 0 Å². The van der Waals surface area contributed by atoms with Crippen LogP contribution in [0.4, 0.5) is 0 Å². The average molecular weight is 244 g/mol. The predicted molar refractivity (Wildman–Crippen MR) is 70.4 cm³/mol. The molecule has 78 valence electrons. The lowest BCUT2D eigenvalue weighted by molar-refractivity contribution is 0.101. The van der Waals surface area contributed by atoms with E-state index >= 15 is 0 Å². The van der Waals surface area contributed by atoms with Gasteiger partial charge in [0.1, 0.15) is 0 Å². The molecule has 1 nitrogen and oxygen atoms in total. The second kappa shape index (κ2) is 3.61. The largest absolute Gasteiger partial charge is 0.293 e. The summed E-state index contributed by atoms with van der Waals surface area (Å²) in [6, 6.07) is 12.1. The zero-order valence-corrected chi connectivity index (χ0v) is 10.0. The number of carbonyl (C=O) groups is 1. The van der Waals surface area contributed by atoms with Gasteiger partial charge in [-0.25, -0.2) is 0 Å². The van der Waals surface area contributed by atoms with Gasteiger partial charge in [0, 0.05) is 21.7 Å². The molecular formula is C13H8OS2. The SMILES string of the molecule is O=C1CC(=S)c2cc(-c3ccccc3)sc21. The zero-order chi connectivity index (χ0) is 11.1. The van der Waals surface area contributed by atoms with Gasteiger partial charge < -0.3 is 0 Å². The van der Waals surface area contributed by atoms with Crippen molar-refractivity contribution in [2.75, 3.05) is 0 Å². The van der Waals surface area contributed by atoms with E-state index in [0.29, 0.717) is 6.42 Å². The Morgan fingerprint density at radius 2 is 1.94 bits per heavy atom. The number of hydrogen-bond acceptors (Lipinski definition) is 3. The monoisotopic (exact) mass is 244 g/mol. The van der Waals surface area contributed by atoms with Crippen molar-refractivity contribution in [3.8, 4) is 10.4 Å². The third-order valence-electron chi connectivity index (χ3n) is 2.67. The van der Waals surface area contributed by atoms with Crippen LogP contribution in [0.5, 0.6) is 0 Å². The first kappa shape index (κ1) is 9.87. The van der Waals surface area contributed by atoms with E-state index in [1.54, 1.807) is 11.3 Å². The minimum atomic E-state index is 0.173. The highest BCUT2D eigenvalue weighted by Gasteiger charge is 2.27. The number of ketones is 1. The highest BCUT2D eigenvalue weighted by Crippen LogP contribution is 2.36. The van der Waals surface area contributed by atoms with Gasteiger partial charge in [-0.1, -0.05) is 42.5 Å². The maximum atomic E-state index is 11.6. The van der Waals surface area contributed by atoms with Crippen molar-refractivity contribution in [2.45, 2.75) is 6.42 Å². The number of thiocarbonyl (C=S) groups is 1. The van der Waals surface area contributed by atoms with Gasteiger partial charge in [0.05, 0.1) is 4.88 Å². The number of fused-ring (bicyclic) bond motifs is 1. The third-order valence-corrected chi connectivity index (χ3v) is 4.25. The Kier molecular flexibility index (Phi) is 2.23. The summed E-state index contributed by atoms with van der Waals surface area (Å²) in [7, 11) is 0. The molecule has 1 aromatic heterocycles. The first-order valence-electron chi connectivity index (χ1n) is 5.01. The molecule has 0 aliphatic heterocycles. The lowest BCUT2D eigenvalue weighted by atomic mass is 10.1. The molecule has 1 aliphatic carbocycles. The molecule has 0 amide bonds. The lowest BCUT2D eigenvalue weighted by Gasteiger charge is -1.95. The molecule has 0 N–H and O–H groups in total. The third kappa shape index (κ3) is 1.44. The molecule has 0 saturated carbocycles. The molecule has 3 rings (SSSR count). The Bertz CT molecular complexity index is 550. The number of benzene rings is 1. The Balaban J connectivity index is 2.14. The summed E-state index contributed by atoms with van der Waals surface area (Å²) < 4.78 is 0. The van der Waals surface area contributed by atoms with Crippen molar-refractivity contribution >= 4 is 34.2 Å². The van der Waals surface area contributed by atoms with Crippen molar-refractivity contribution < 1.29 is 4.79 Å². The summed E-state index contributed by atoms with van der Waals surface area (Å²) in [6.07, 6.45) is 0.422. The quantitative estimate of drug-likeness (QED) is 0.711. The van der Waals surface area contributed by atoms with Gasteiger partial charge in [-0.15, -0.1) is 11.3 Å². The summed E-state index contributed by atoms with van der Waals surface area (Å²) in [5.74, 6) is 0.173. The molecule has 0 atom stereocenters. The Hall–Kier alpha value is -1.32. The van der Waals surface area contributed by atoms with Crippen molar-refractivity contribution in [1.29, 1.82) is 0 Å². The molecule has 0 radical (unpaired) electrons. The number of hydrogen-bond donors (Lipinski definition) is 0. The Morgan fingerprint density at radius 3 is 2.62 bits per heavy atom. The van der Waals surface area contributed by atoms with Crippen molar-refractivity contribution in [1.82, 2.24) is 0 Å². The molecule has 0 bridgehead atoms. The molecule has 1 aliphatic rings. The standard InChI is InChI=1S/C13H8OS2/c14-10-7-11(15)9-6-12(16-13(9)10)8-4-2-1-3-5-8/h1-6H,7H2. The van der Waals surface area contributed by atoms with E-state index in [1.807, 2.05) is 24.3 Å². The minimum Gasteiger partial charge on any atom is -0.293 e. The van der Waals surface area contributed by atoms with E-state index in [1.165, 1.54) is 0 Å². The maximum Gasteiger partial charge on any atom is 0.178 e. The van der Waals surface area contributed by atoms with Crippen LogP contribution in [0.25, 0.3) is 10.4 Å². The molecular weight excluding hydrogens is 236 g/mol. The van der Waals surface area contributed by atoms with Crippen LogP contribution in [-0.2, 0) is 0 Å². The number of Topliss-reactive ketones (excluding diaryl/α,β-unsaturated/α-hetero) is 1. The first-order valence-corrected chi connectivity index (χ1v) is 6.24. The van der Waals surface area contributed by atoms with Crippen molar-refractivity contribution in [2.24, 2.45) is 0 Å². The molecule has 16 heavy (non-hydrogen) atoms. The number of carbonyl (C=O) groups excluding carboxylic acids is 1. The van der Waals surface area contributed by atoms with Crippen molar-refractivity contribution in [3.63, 3.8) is 0 Å². The van der Waals surface area contributed by atoms with Gasteiger partial charge in [-0.05, 0) is 11.6 Å². The summed E-state index contributed by atoms with van der Waals surface area (Å²) in [4.78, 5) is 14.4. The van der Waals surface area contributed by atoms with E-state index in [-0.39, 0.29) is 5.78 Å². The van der Waals surface area contributed by atoms with Gasteiger partial charge in [-0.3, -0.25) is 4.79 Å². The molecule has 0 saturated heterocycles. The molecule has 0 spiro atoms. The second-order valence-corrected chi connectivity index (χ2v) is 5.29. The van der Waals surface area contributed by atoms with Gasteiger partial charge in [0.15, 0.2) is 5.78 Å². The van der Waals surface area contributed by atoms with Gasteiger partial charge in [0.25, 0.3) is 0 Å². The van der Waals surface area contributed by atoms with E-state index in [0.717, 1.165) is 25.7 Å². The zero-order valence-electron chi connectivity index (χ0n) is 8.40. The number of rotatable bonds is 1. The van der Waals surface area contributed by atoms with Gasteiger partial charge in [-0.2, -0.15) is 0 Å². The highest BCUT2D eigenvalue weighted by atomic mass is 32.1. The summed E-state index contributed by atoms with van der Waals surface area (Å²) in [5.41, 5.74) is 2.13. The van der Waals surface area contributed by atoms with Gasteiger partial charge in [0.2, 0.25) is 0 Å². The van der Waals surface area contributed by atoms with Crippen LogP contribution < -0.4 is 0 Å². The fourth-order valence-electron chi connectivity index (χ4n) is 1.87. The van der Waals surface area contributed by atoms with Crippen molar-refractivity contribution in [3.05, 3.63) is 46.8 Å². The normalized spacial score (nSPS) is 14.2. The predicted octanol–water partition coefficient (Wildman–Crippen LogP) is 3.72. The fraction of sp³-hybridized carbons (Fsp3) is 0.0769. The fourth-order valence-corrected chi connectivity index (χ4v) is 3.36. The summed E-state index contributed by atoms with van der Waals surface area (Å²) in [6.45, 7) is 0. The topological polar surface area (TPSA) is 17.1 Å². The summed E-state index contributed by atoms with van der Waals surface area (Å²) in [5, 5.41) is 0. The molecule has 0 fully saturated rings. The second-order valence-electron chi connectivity index (χ2n) is 3.74. The smallest absolute Gasteiger partial charge is 0.178 e. The van der Waals surface area contributed by atoms with Crippen LogP contribution in [0.1, 0.15) is 21.7 Å². The van der Waals surface area contributed by atoms with E-state index in [2.05, 4.69) is 12.1 Å². The lowest BCUT2D eigenvalue weighted by Crippen LogP contribution is -1.90. The van der Waals surface area contributed by atoms with Gasteiger partial charge >= 0.3 is 0 Å². The maximum absolute atomic E-state index is 11.6. The van der Waals surface area contributed by atoms with Crippen LogP contribution in [-0.4, -0.2) is 10.6 Å². The van der Waals surface area contributed by atoms with E-state index in [4.69, 9.17) is 12.2 Å². The molecule has 2 aromatic rings. The molecule has 1 heterocycles. The van der Waals surface area contributed by atoms with E-state index < -0.39 is 0 Å². The summed E-state index contributed by atoms with van der Waals surface area (Å²) >= 11 is 6.75. The van der Waals surface area contributed by atoms with Crippen LogP contribution in [0.2, 0.25) is 0 Å². The Morgan fingerprint density at radius 1 is 1.19 bits per heavy atom. The molecule has 1 aromatic carbocycles. The average Bonchev–Trinajstić information content (AvgIpc) is 2.83. The van der Waals surface area contributed by atoms with Crippen LogP contribution in [0.3, 0.4) is 0 Å². The van der Waals surface area contributed by atoms with Crippen LogP contribution >= 0.6 is 23.6 Å². The first-order chi connectivity index (χ1) is 7.75. The highest BCUT2D eigenvalue weighted by molar-refractivity contribution is 7.81. The minimum absolute atomic E-state index is 0.173. The van der Waals surface area contributed by atoms with Crippen LogP contribution in [0.15, 0.2) is 36.4 Å². The molecule has 0 unspecified atom stereocenters. The Labute approximate surface area is 103 Å². The number of thiophene rings is 1. The molecule has 3 heteroatoms. The van der Waals surface area contributed by atoms with E-state index in [9.17, 15) is 4.79 Å².